The molecule has 0 atom stereocenters. The molecule has 0 fully saturated rings. The third kappa shape index (κ3) is 5.31. The lowest BCUT2D eigenvalue weighted by Gasteiger charge is -2.19. The molecule has 0 bridgehead atoms. The predicted octanol–water partition coefficient (Wildman–Crippen LogP) is 5.64. The maximum absolute atomic E-state index is 12.8. The Morgan fingerprint density at radius 2 is 1.83 bits per heavy atom. The van der Waals surface area contributed by atoms with Gasteiger partial charge in [-0.3, -0.25) is 4.79 Å². The standard InChI is InChI=1S/C22H22Cl2O5/c1-12(2)5-7-16-19(28-3)10-13(20(22(26)27)21(16)29-4)9-18(25)15-8-6-14(23)11-17(15)24/h6,8,10-11H,1,5,7,9H2,2-4H3,(H,26,27). The summed E-state index contributed by atoms with van der Waals surface area (Å²) >= 11 is 12.0. The second-order valence-corrected chi connectivity index (χ2v) is 7.45. The molecule has 0 aromatic heterocycles. The van der Waals surface area contributed by atoms with E-state index in [4.69, 9.17) is 32.7 Å². The first kappa shape index (κ1) is 22.8. The normalized spacial score (nSPS) is 10.5. The molecule has 7 heteroatoms. The highest BCUT2D eigenvalue weighted by molar-refractivity contribution is 6.36. The van der Waals surface area contributed by atoms with Crippen molar-refractivity contribution < 1.29 is 24.2 Å². The van der Waals surface area contributed by atoms with E-state index in [0.717, 1.165) is 5.57 Å². The lowest BCUT2D eigenvalue weighted by atomic mass is 9.93. The van der Waals surface area contributed by atoms with Gasteiger partial charge in [-0.15, -0.1) is 6.58 Å². The Hall–Kier alpha value is -2.50. The molecule has 0 saturated carbocycles. The van der Waals surface area contributed by atoms with Gasteiger partial charge in [0.05, 0.1) is 19.2 Å². The molecule has 0 radical (unpaired) electrons. The van der Waals surface area contributed by atoms with Crippen LogP contribution < -0.4 is 9.47 Å². The third-order valence-electron chi connectivity index (χ3n) is 4.45. The Labute approximate surface area is 179 Å². The molecule has 0 unspecified atom stereocenters. The van der Waals surface area contributed by atoms with E-state index in [2.05, 4.69) is 6.58 Å². The van der Waals surface area contributed by atoms with E-state index < -0.39 is 5.97 Å². The van der Waals surface area contributed by atoms with E-state index in [0.29, 0.717) is 29.2 Å². The molecule has 0 heterocycles. The van der Waals surface area contributed by atoms with Gasteiger partial charge in [0, 0.05) is 22.6 Å². The van der Waals surface area contributed by atoms with E-state index in [-0.39, 0.29) is 39.7 Å². The first-order valence-electron chi connectivity index (χ1n) is 8.82. The fourth-order valence-electron chi connectivity index (χ4n) is 3.07. The molecular formula is C22H22Cl2O5. The Kier molecular flexibility index (Phi) is 7.71. The maximum atomic E-state index is 12.8. The van der Waals surface area contributed by atoms with Crippen molar-refractivity contribution in [3.05, 3.63) is 68.7 Å². The van der Waals surface area contributed by atoms with Gasteiger partial charge in [0.2, 0.25) is 0 Å². The van der Waals surface area contributed by atoms with Gasteiger partial charge >= 0.3 is 5.97 Å². The number of allylic oxidation sites excluding steroid dienone is 1. The smallest absolute Gasteiger partial charge is 0.339 e. The quantitative estimate of drug-likeness (QED) is 0.406. The number of carboxylic acids is 1. The van der Waals surface area contributed by atoms with E-state index in [1.807, 2.05) is 6.92 Å². The van der Waals surface area contributed by atoms with Gasteiger partial charge in [0.15, 0.2) is 5.78 Å². The van der Waals surface area contributed by atoms with Crippen LogP contribution in [0.15, 0.2) is 36.4 Å². The molecule has 154 valence electrons. The lowest BCUT2D eigenvalue weighted by molar-refractivity contribution is 0.0692. The van der Waals surface area contributed by atoms with Crippen LogP contribution in [-0.2, 0) is 12.8 Å². The Balaban J connectivity index is 2.57. The summed E-state index contributed by atoms with van der Waals surface area (Å²) in [6, 6.07) is 6.11. The number of carboxylic acid groups (broad SMARTS) is 1. The summed E-state index contributed by atoms with van der Waals surface area (Å²) in [6.07, 6.45) is 0.958. The van der Waals surface area contributed by atoms with Gasteiger partial charge in [0.25, 0.3) is 0 Å². The van der Waals surface area contributed by atoms with E-state index in [1.54, 1.807) is 12.1 Å². The molecule has 2 rings (SSSR count). The van der Waals surface area contributed by atoms with Crippen molar-refractivity contribution in [1.29, 1.82) is 0 Å². The van der Waals surface area contributed by atoms with Crippen LogP contribution >= 0.6 is 23.2 Å². The van der Waals surface area contributed by atoms with Crippen LogP contribution in [0.1, 0.15) is 45.2 Å². The number of Topliss-reactive ketones (excluding diaryl/α,β-unsaturated/α-hetero) is 1. The summed E-state index contributed by atoms with van der Waals surface area (Å²) in [4.78, 5) is 24.8. The van der Waals surface area contributed by atoms with Crippen molar-refractivity contribution in [3.8, 4) is 11.5 Å². The van der Waals surface area contributed by atoms with E-state index in [1.165, 1.54) is 26.4 Å². The van der Waals surface area contributed by atoms with Crippen LogP contribution in [-0.4, -0.2) is 31.1 Å². The van der Waals surface area contributed by atoms with Crippen LogP contribution in [0.2, 0.25) is 10.0 Å². The van der Waals surface area contributed by atoms with Crippen molar-refractivity contribution in [3.63, 3.8) is 0 Å². The minimum atomic E-state index is -1.19. The average molecular weight is 437 g/mol. The van der Waals surface area contributed by atoms with Gasteiger partial charge in [-0.1, -0.05) is 28.8 Å². The Bertz CT molecular complexity index is 966. The number of ether oxygens (including phenoxy) is 2. The lowest BCUT2D eigenvalue weighted by Crippen LogP contribution is -2.13. The highest BCUT2D eigenvalue weighted by atomic mass is 35.5. The molecule has 0 aliphatic rings. The number of hydrogen-bond acceptors (Lipinski definition) is 4. The van der Waals surface area contributed by atoms with E-state index in [9.17, 15) is 14.7 Å². The second kappa shape index (κ2) is 9.81. The third-order valence-corrected chi connectivity index (χ3v) is 5.00. The highest BCUT2D eigenvalue weighted by Gasteiger charge is 2.26. The number of halogens is 2. The number of methoxy groups -OCH3 is 2. The maximum Gasteiger partial charge on any atom is 0.339 e. The molecule has 0 aliphatic carbocycles. The van der Waals surface area contributed by atoms with Gasteiger partial charge in [-0.2, -0.15) is 0 Å². The Morgan fingerprint density at radius 1 is 1.14 bits per heavy atom. The van der Waals surface area contributed by atoms with Gasteiger partial charge in [0.1, 0.15) is 17.1 Å². The van der Waals surface area contributed by atoms with Gasteiger partial charge < -0.3 is 14.6 Å². The number of aromatic carboxylic acids is 1. The zero-order valence-corrected chi connectivity index (χ0v) is 18.0. The van der Waals surface area contributed by atoms with Crippen molar-refractivity contribution >= 4 is 35.0 Å². The first-order chi connectivity index (χ1) is 13.7. The van der Waals surface area contributed by atoms with Crippen LogP contribution in [0.3, 0.4) is 0 Å². The largest absolute Gasteiger partial charge is 0.496 e. The fourth-order valence-corrected chi connectivity index (χ4v) is 3.58. The molecular weight excluding hydrogens is 415 g/mol. The molecule has 1 N–H and O–H groups in total. The first-order valence-corrected chi connectivity index (χ1v) is 9.57. The molecule has 2 aromatic carbocycles. The van der Waals surface area contributed by atoms with Crippen molar-refractivity contribution in [2.75, 3.05) is 14.2 Å². The molecule has 0 aliphatic heterocycles. The summed E-state index contributed by atoms with van der Waals surface area (Å²) in [5.74, 6) is -0.889. The Morgan fingerprint density at radius 3 is 2.34 bits per heavy atom. The number of hydrogen-bond donors (Lipinski definition) is 1. The fraction of sp³-hybridized carbons (Fsp3) is 0.273. The number of rotatable bonds is 9. The molecule has 0 amide bonds. The molecule has 5 nitrogen and oxygen atoms in total. The number of ketones is 1. The monoisotopic (exact) mass is 436 g/mol. The van der Waals surface area contributed by atoms with E-state index >= 15 is 0 Å². The number of carbonyl (C=O) groups excluding carboxylic acids is 1. The average Bonchev–Trinajstić information content (AvgIpc) is 2.65. The van der Waals surface area contributed by atoms with Crippen LogP contribution in [0, 0.1) is 0 Å². The van der Waals surface area contributed by atoms with Gasteiger partial charge in [-0.05, 0) is 49.6 Å². The van der Waals surface area contributed by atoms with Crippen LogP contribution in [0.25, 0.3) is 0 Å². The molecule has 0 spiro atoms. The predicted molar refractivity (Wildman–Crippen MR) is 114 cm³/mol. The van der Waals surface area contributed by atoms with Gasteiger partial charge in [-0.25, -0.2) is 4.79 Å². The van der Waals surface area contributed by atoms with Crippen molar-refractivity contribution in [2.45, 2.75) is 26.2 Å². The summed E-state index contributed by atoms with van der Waals surface area (Å²) in [6.45, 7) is 5.77. The number of benzene rings is 2. The van der Waals surface area contributed by atoms with Crippen molar-refractivity contribution in [2.24, 2.45) is 0 Å². The van der Waals surface area contributed by atoms with Crippen LogP contribution in [0.5, 0.6) is 11.5 Å². The molecule has 2 aromatic rings. The molecule has 0 saturated heterocycles. The van der Waals surface area contributed by atoms with Crippen LogP contribution in [0.4, 0.5) is 0 Å². The zero-order valence-electron chi connectivity index (χ0n) is 16.5. The number of carbonyl (C=O) groups is 2. The SMILES string of the molecule is C=C(C)CCc1c(OC)cc(CC(=O)c2ccc(Cl)cc2Cl)c(C(=O)O)c1OC. The minimum absolute atomic E-state index is 0.0662. The topological polar surface area (TPSA) is 72.8 Å². The second-order valence-electron chi connectivity index (χ2n) is 6.61. The van der Waals surface area contributed by atoms with Crippen molar-refractivity contribution in [1.82, 2.24) is 0 Å². The molecule has 29 heavy (non-hydrogen) atoms. The summed E-state index contributed by atoms with van der Waals surface area (Å²) in [5, 5.41) is 10.4. The highest BCUT2D eigenvalue weighted by Crippen LogP contribution is 2.37. The summed E-state index contributed by atoms with van der Waals surface area (Å²) < 4.78 is 10.9. The summed E-state index contributed by atoms with van der Waals surface area (Å²) in [7, 11) is 2.88. The zero-order chi connectivity index (χ0) is 21.7. The summed E-state index contributed by atoms with van der Waals surface area (Å²) in [5.41, 5.74) is 2.04. The minimum Gasteiger partial charge on any atom is -0.496 e.